The quantitative estimate of drug-likeness (QED) is 0.573. The van der Waals surface area contributed by atoms with Crippen LogP contribution in [0.3, 0.4) is 0 Å². The molecule has 1 aromatic heterocycles. The van der Waals surface area contributed by atoms with Gasteiger partial charge in [-0.25, -0.2) is 8.42 Å². The van der Waals surface area contributed by atoms with Crippen LogP contribution in [0.4, 0.5) is 0 Å². The number of rotatable bonds is 8. The minimum Gasteiger partial charge on any atom is -0.355 e. The third-order valence-corrected chi connectivity index (χ3v) is 6.11. The van der Waals surface area contributed by atoms with Crippen molar-refractivity contribution < 1.29 is 13.2 Å². The molecule has 152 valence electrons. The van der Waals surface area contributed by atoms with Crippen molar-refractivity contribution in [2.75, 3.05) is 12.3 Å². The Morgan fingerprint density at radius 2 is 1.72 bits per heavy atom. The minimum absolute atomic E-state index is 0.215. The second-order valence-electron chi connectivity index (χ2n) is 6.93. The van der Waals surface area contributed by atoms with E-state index in [4.69, 9.17) is 0 Å². The average Bonchev–Trinajstić information content (AvgIpc) is 3.09. The Balaban J connectivity index is 1.59. The molecule has 0 spiro atoms. The van der Waals surface area contributed by atoms with E-state index in [1.54, 1.807) is 7.05 Å². The Hall–Kier alpha value is -3.00. The third kappa shape index (κ3) is 5.29. The number of hydrogen-bond acceptors (Lipinski definition) is 5. The summed E-state index contributed by atoms with van der Waals surface area (Å²) in [5, 5.41) is 10.3. The zero-order valence-electron chi connectivity index (χ0n) is 16.5. The maximum atomic E-state index is 12.6. The monoisotopic (exact) mass is 412 g/mol. The second-order valence-corrected chi connectivity index (χ2v) is 8.81. The summed E-state index contributed by atoms with van der Waals surface area (Å²) in [7, 11) is -2.31. The van der Waals surface area contributed by atoms with Crippen LogP contribution >= 0.6 is 0 Å². The van der Waals surface area contributed by atoms with Crippen LogP contribution in [-0.4, -0.2) is 41.4 Å². The Morgan fingerprint density at radius 3 is 2.41 bits per heavy atom. The molecule has 0 saturated carbocycles. The van der Waals surface area contributed by atoms with Crippen molar-refractivity contribution in [3.05, 3.63) is 65.7 Å². The van der Waals surface area contributed by atoms with E-state index in [-0.39, 0.29) is 5.16 Å². The molecule has 1 N–H and O–H groups in total. The zero-order valence-corrected chi connectivity index (χ0v) is 17.3. The second kappa shape index (κ2) is 9.00. The van der Waals surface area contributed by atoms with E-state index in [2.05, 4.69) is 15.5 Å². The standard InChI is InChI=1S/C21H24N4O3S/c1-16-10-12-18(13-11-16)20-23-24-21(25(20)2)29(27,28)15-19(26)22-14-6-9-17-7-4-3-5-8-17/h3-5,7-8,10-13H,6,9,14-15H2,1-2H3,(H,22,26). The fraction of sp³-hybridized carbons (Fsp3) is 0.286. The molecule has 0 aliphatic carbocycles. The van der Waals surface area contributed by atoms with E-state index in [1.165, 1.54) is 10.1 Å². The fourth-order valence-electron chi connectivity index (χ4n) is 2.99. The van der Waals surface area contributed by atoms with Crippen molar-refractivity contribution in [3.8, 4) is 11.4 Å². The first kappa shape index (κ1) is 20.7. The number of sulfone groups is 1. The highest BCUT2D eigenvalue weighted by Crippen LogP contribution is 2.20. The molecule has 0 aliphatic heterocycles. The van der Waals surface area contributed by atoms with E-state index < -0.39 is 21.5 Å². The van der Waals surface area contributed by atoms with E-state index in [0.29, 0.717) is 12.4 Å². The summed E-state index contributed by atoms with van der Waals surface area (Å²) >= 11 is 0. The molecular weight excluding hydrogens is 388 g/mol. The summed E-state index contributed by atoms with van der Waals surface area (Å²) in [4.78, 5) is 12.1. The van der Waals surface area contributed by atoms with Crippen molar-refractivity contribution in [2.45, 2.75) is 24.9 Å². The number of aromatic nitrogens is 3. The molecule has 0 atom stereocenters. The molecule has 0 aliphatic rings. The van der Waals surface area contributed by atoms with E-state index >= 15 is 0 Å². The summed E-state index contributed by atoms with van der Waals surface area (Å²) < 4.78 is 26.7. The lowest BCUT2D eigenvalue weighted by molar-refractivity contribution is -0.118. The molecular formula is C21H24N4O3S. The molecule has 0 fully saturated rings. The van der Waals surface area contributed by atoms with Crippen LogP contribution in [0.15, 0.2) is 59.8 Å². The van der Waals surface area contributed by atoms with Gasteiger partial charge in [-0.1, -0.05) is 60.2 Å². The van der Waals surface area contributed by atoms with Gasteiger partial charge in [-0.15, -0.1) is 10.2 Å². The van der Waals surface area contributed by atoms with Crippen molar-refractivity contribution in [1.29, 1.82) is 0 Å². The summed E-state index contributed by atoms with van der Waals surface area (Å²) in [6.07, 6.45) is 1.55. The molecule has 0 bridgehead atoms. The number of carbonyl (C=O) groups is 1. The highest BCUT2D eigenvalue weighted by Gasteiger charge is 2.26. The van der Waals surface area contributed by atoms with Gasteiger partial charge in [-0.05, 0) is 25.3 Å². The first-order valence-electron chi connectivity index (χ1n) is 9.36. The number of hydrogen-bond donors (Lipinski definition) is 1. The molecule has 7 nitrogen and oxygen atoms in total. The predicted octanol–water partition coefficient (Wildman–Crippen LogP) is 2.31. The summed E-state index contributed by atoms with van der Waals surface area (Å²) in [5.74, 6) is -0.761. The van der Waals surface area contributed by atoms with Crippen LogP contribution in [0.2, 0.25) is 0 Å². The lowest BCUT2D eigenvalue weighted by atomic mass is 10.1. The van der Waals surface area contributed by atoms with Gasteiger partial charge in [0, 0.05) is 19.2 Å². The van der Waals surface area contributed by atoms with E-state index in [1.807, 2.05) is 61.5 Å². The van der Waals surface area contributed by atoms with Gasteiger partial charge in [0.25, 0.3) is 0 Å². The number of aryl methyl sites for hydroxylation is 2. The average molecular weight is 413 g/mol. The number of benzene rings is 2. The topological polar surface area (TPSA) is 94.0 Å². The Bertz CT molecular complexity index is 1070. The Morgan fingerprint density at radius 1 is 1.03 bits per heavy atom. The SMILES string of the molecule is Cc1ccc(-c2nnc(S(=O)(=O)CC(=O)NCCCc3ccccc3)n2C)cc1. The molecule has 1 heterocycles. The summed E-state index contributed by atoms with van der Waals surface area (Å²) in [6, 6.07) is 17.5. The maximum absolute atomic E-state index is 12.6. The van der Waals surface area contributed by atoms with Crippen LogP contribution in [-0.2, 0) is 28.1 Å². The predicted molar refractivity (Wildman–Crippen MR) is 111 cm³/mol. The van der Waals surface area contributed by atoms with Crippen LogP contribution in [0, 0.1) is 6.92 Å². The van der Waals surface area contributed by atoms with Crippen molar-refractivity contribution in [3.63, 3.8) is 0 Å². The molecule has 8 heteroatoms. The third-order valence-electron chi connectivity index (χ3n) is 4.55. The van der Waals surface area contributed by atoms with Gasteiger partial charge < -0.3 is 9.88 Å². The fourth-order valence-corrected chi connectivity index (χ4v) is 4.24. The van der Waals surface area contributed by atoms with E-state index in [0.717, 1.165) is 24.0 Å². The van der Waals surface area contributed by atoms with Crippen LogP contribution in [0.5, 0.6) is 0 Å². The number of amides is 1. The summed E-state index contributed by atoms with van der Waals surface area (Å²) in [6.45, 7) is 2.38. The lowest BCUT2D eigenvalue weighted by Crippen LogP contribution is -2.32. The van der Waals surface area contributed by atoms with Gasteiger partial charge in [0.1, 0.15) is 5.75 Å². The summed E-state index contributed by atoms with van der Waals surface area (Å²) in [5.41, 5.74) is 3.03. The van der Waals surface area contributed by atoms with Gasteiger partial charge in [0.2, 0.25) is 20.9 Å². The Kier molecular flexibility index (Phi) is 6.43. The molecule has 3 aromatic rings. The smallest absolute Gasteiger partial charge is 0.250 e. The van der Waals surface area contributed by atoms with Gasteiger partial charge in [-0.2, -0.15) is 0 Å². The molecule has 29 heavy (non-hydrogen) atoms. The molecule has 3 rings (SSSR count). The zero-order chi connectivity index (χ0) is 20.9. The van der Waals surface area contributed by atoms with Crippen LogP contribution in [0.1, 0.15) is 17.5 Å². The molecule has 0 saturated heterocycles. The van der Waals surface area contributed by atoms with Crippen molar-refractivity contribution in [2.24, 2.45) is 7.05 Å². The number of nitrogens with one attached hydrogen (secondary N) is 1. The van der Waals surface area contributed by atoms with Gasteiger partial charge in [0.15, 0.2) is 5.82 Å². The number of carbonyl (C=O) groups excluding carboxylic acids is 1. The molecule has 0 unspecified atom stereocenters. The molecule has 2 aromatic carbocycles. The van der Waals surface area contributed by atoms with Crippen LogP contribution in [0.25, 0.3) is 11.4 Å². The van der Waals surface area contributed by atoms with E-state index in [9.17, 15) is 13.2 Å². The van der Waals surface area contributed by atoms with Gasteiger partial charge in [0.05, 0.1) is 0 Å². The van der Waals surface area contributed by atoms with Crippen molar-refractivity contribution in [1.82, 2.24) is 20.1 Å². The van der Waals surface area contributed by atoms with Crippen molar-refractivity contribution >= 4 is 15.7 Å². The highest BCUT2D eigenvalue weighted by atomic mass is 32.2. The molecule has 0 radical (unpaired) electrons. The Labute approximate surface area is 170 Å². The first-order chi connectivity index (χ1) is 13.9. The maximum Gasteiger partial charge on any atom is 0.250 e. The van der Waals surface area contributed by atoms with Gasteiger partial charge >= 0.3 is 0 Å². The minimum atomic E-state index is -3.90. The normalized spacial score (nSPS) is 11.4. The number of nitrogens with zero attached hydrogens (tertiary/aromatic N) is 3. The lowest BCUT2D eigenvalue weighted by Gasteiger charge is -2.07. The highest BCUT2D eigenvalue weighted by molar-refractivity contribution is 7.91. The van der Waals surface area contributed by atoms with Crippen LogP contribution < -0.4 is 5.32 Å². The first-order valence-corrected chi connectivity index (χ1v) is 11.0. The van der Waals surface area contributed by atoms with Gasteiger partial charge in [-0.3, -0.25) is 4.79 Å². The molecule has 1 amide bonds. The largest absolute Gasteiger partial charge is 0.355 e.